The van der Waals surface area contributed by atoms with Crippen molar-refractivity contribution in [2.75, 3.05) is 6.61 Å². The fraction of sp³-hybridized carbons (Fsp3) is 0.533. The zero-order valence-electron chi connectivity index (χ0n) is 12.3. The smallest absolute Gasteiger partial charge is 0.217 e. The third-order valence-corrected chi connectivity index (χ3v) is 3.48. The van der Waals surface area contributed by atoms with Gasteiger partial charge in [-0.05, 0) is 5.56 Å². The van der Waals surface area contributed by atoms with Crippen LogP contribution in [0.25, 0.3) is 0 Å². The minimum Gasteiger partial charge on any atom is -0.388 e. The lowest BCUT2D eigenvalue weighted by Gasteiger charge is -2.40. The molecule has 1 amide bonds. The molecule has 0 spiro atoms. The summed E-state index contributed by atoms with van der Waals surface area (Å²) in [6.07, 6.45) is -4.89. The summed E-state index contributed by atoms with van der Waals surface area (Å²) in [5.41, 5.74) is 0.963. The normalized spacial score (nSPS) is 31.7. The predicted octanol–water partition coefficient (Wildman–Crippen LogP) is -0.853. The molecule has 1 saturated heterocycles. The Hall–Kier alpha value is -1.51. The molecular weight excluding hydrogens is 290 g/mol. The van der Waals surface area contributed by atoms with Crippen molar-refractivity contribution in [3.63, 3.8) is 0 Å². The molecular formula is C15H21NO6. The van der Waals surface area contributed by atoms with E-state index in [1.165, 1.54) is 6.92 Å². The van der Waals surface area contributed by atoms with Gasteiger partial charge >= 0.3 is 0 Å². The van der Waals surface area contributed by atoms with Gasteiger partial charge in [-0.15, -0.1) is 0 Å². The van der Waals surface area contributed by atoms with E-state index in [4.69, 9.17) is 9.47 Å². The second-order valence-electron chi connectivity index (χ2n) is 5.27. The summed E-state index contributed by atoms with van der Waals surface area (Å²) in [4.78, 5) is 11.0. The monoisotopic (exact) mass is 311 g/mol. The Morgan fingerprint density at radius 1 is 1.23 bits per heavy atom. The van der Waals surface area contributed by atoms with Gasteiger partial charge in [0, 0.05) is 6.92 Å². The van der Waals surface area contributed by atoms with Crippen LogP contribution in [-0.2, 0) is 20.9 Å². The number of hydrogen-bond donors (Lipinski definition) is 4. The Bertz CT molecular complexity index is 482. The molecule has 4 N–H and O–H groups in total. The van der Waals surface area contributed by atoms with Crippen molar-refractivity contribution in [2.24, 2.45) is 0 Å². The lowest BCUT2D eigenvalue weighted by atomic mass is 9.97. The minimum absolute atomic E-state index is 0.0109. The van der Waals surface area contributed by atoms with Gasteiger partial charge < -0.3 is 30.1 Å². The van der Waals surface area contributed by atoms with Crippen LogP contribution in [0, 0.1) is 0 Å². The standard InChI is InChI=1S/C15H21NO6/c1-9(17)16-12-14(19)13(18)11(22-15(12)20)8-21-7-10-5-3-2-4-6-10/h2-6,11-15,18-20H,7-8H2,1H3,(H,16,17)/t11-,12-,13+,14-,15+/m1/s1. The van der Waals surface area contributed by atoms with Crippen LogP contribution in [0.5, 0.6) is 0 Å². The van der Waals surface area contributed by atoms with E-state index >= 15 is 0 Å². The molecule has 22 heavy (non-hydrogen) atoms. The molecule has 1 aromatic rings. The van der Waals surface area contributed by atoms with E-state index in [0.717, 1.165) is 5.56 Å². The first kappa shape index (κ1) is 16.9. The molecule has 1 aliphatic heterocycles. The first-order chi connectivity index (χ1) is 10.5. The van der Waals surface area contributed by atoms with Gasteiger partial charge in [-0.1, -0.05) is 30.3 Å². The maximum atomic E-state index is 11.0. The molecule has 122 valence electrons. The SMILES string of the molecule is CC(=O)N[C@@H]1[C@@H](O)[C@@H](O)[C@@H](COCc2ccccc2)O[C@@H]1O. The highest BCUT2D eigenvalue weighted by Gasteiger charge is 2.44. The Labute approximate surface area is 128 Å². The molecule has 0 unspecified atom stereocenters. The van der Waals surface area contributed by atoms with Crippen LogP contribution < -0.4 is 5.32 Å². The number of aliphatic hydroxyl groups is 3. The lowest BCUT2D eigenvalue weighted by Crippen LogP contribution is -2.64. The van der Waals surface area contributed by atoms with E-state index in [9.17, 15) is 20.1 Å². The third kappa shape index (κ3) is 4.25. The van der Waals surface area contributed by atoms with E-state index < -0.39 is 36.6 Å². The van der Waals surface area contributed by atoms with Crippen LogP contribution in [0.2, 0.25) is 0 Å². The predicted molar refractivity (Wildman–Crippen MR) is 76.6 cm³/mol. The van der Waals surface area contributed by atoms with Crippen LogP contribution in [0.4, 0.5) is 0 Å². The average Bonchev–Trinajstić information content (AvgIpc) is 2.49. The third-order valence-electron chi connectivity index (χ3n) is 3.48. The maximum Gasteiger partial charge on any atom is 0.217 e. The summed E-state index contributed by atoms with van der Waals surface area (Å²) in [5, 5.41) is 32.2. The first-order valence-corrected chi connectivity index (χ1v) is 7.07. The molecule has 7 heteroatoms. The summed E-state index contributed by atoms with van der Waals surface area (Å²) in [7, 11) is 0. The van der Waals surface area contributed by atoms with Gasteiger partial charge in [0.25, 0.3) is 0 Å². The van der Waals surface area contributed by atoms with E-state index in [1.54, 1.807) is 0 Å². The topological polar surface area (TPSA) is 108 Å². The number of rotatable bonds is 5. The van der Waals surface area contributed by atoms with Crippen LogP contribution >= 0.6 is 0 Å². The van der Waals surface area contributed by atoms with Crippen LogP contribution in [0.1, 0.15) is 12.5 Å². The van der Waals surface area contributed by atoms with Gasteiger partial charge in [0.1, 0.15) is 24.4 Å². The highest BCUT2D eigenvalue weighted by atomic mass is 16.6. The highest BCUT2D eigenvalue weighted by molar-refractivity contribution is 5.73. The van der Waals surface area contributed by atoms with Crippen molar-refractivity contribution in [3.05, 3.63) is 35.9 Å². The Morgan fingerprint density at radius 2 is 1.91 bits per heavy atom. The van der Waals surface area contributed by atoms with Crippen molar-refractivity contribution < 1.29 is 29.6 Å². The van der Waals surface area contributed by atoms with Gasteiger partial charge in [0.2, 0.25) is 5.91 Å². The molecule has 0 aromatic heterocycles. The molecule has 7 nitrogen and oxygen atoms in total. The van der Waals surface area contributed by atoms with Crippen molar-refractivity contribution in [1.29, 1.82) is 0 Å². The molecule has 1 aromatic carbocycles. The van der Waals surface area contributed by atoms with Crippen LogP contribution in [-0.4, -0.2) is 58.5 Å². The number of carbonyl (C=O) groups excluding carboxylic acids is 1. The summed E-state index contributed by atoms with van der Waals surface area (Å²) in [6.45, 7) is 1.59. The Balaban J connectivity index is 1.86. The van der Waals surface area contributed by atoms with Crippen LogP contribution in [0.15, 0.2) is 30.3 Å². The number of benzene rings is 1. The molecule has 0 bridgehead atoms. The highest BCUT2D eigenvalue weighted by Crippen LogP contribution is 2.20. The van der Waals surface area contributed by atoms with Crippen molar-refractivity contribution in [2.45, 2.75) is 44.2 Å². The molecule has 5 atom stereocenters. The number of aliphatic hydroxyl groups excluding tert-OH is 3. The van der Waals surface area contributed by atoms with E-state index in [-0.39, 0.29) is 6.61 Å². The van der Waals surface area contributed by atoms with Crippen LogP contribution in [0.3, 0.4) is 0 Å². The molecule has 0 saturated carbocycles. The summed E-state index contributed by atoms with van der Waals surface area (Å²) < 4.78 is 10.7. The summed E-state index contributed by atoms with van der Waals surface area (Å²) in [6, 6.07) is 8.39. The maximum absolute atomic E-state index is 11.0. The second kappa shape index (κ2) is 7.66. The molecule has 0 radical (unpaired) electrons. The van der Waals surface area contributed by atoms with Crippen molar-refractivity contribution in [3.8, 4) is 0 Å². The first-order valence-electron chi connectivity index (χ1n) is 7.07. The molecule has 1 heterocycles. The molecule has 0 aliphatic carbocycles. The van der Waals surface area contributed by atoms with E-state index in [2.05, 4.69) is 5.32 Å². The number of carbonyl (C=O) groups is 1. The fourth-order valence-electron chi connectivity index (χ4n) is 2.34. The van der Waals surface area contributed by atoms with E-state index in [1.807, 2.05) is 30.3 Å². The number of hydrogen-bond acceptors (Lipinski definition) is 6. The minimum atomic E-state index is -1.41. The number of nitrogens with one attached hydrogen (secondary N) is 1. The largest absolute Gasteiger partial charge is 0.388 e. The van der Waals surface area contributed by atoms with Crippen molar-refractivity contribution in [1.82, 2.24) is 5.32 Å². The number of ether oxygens (including phenoxy) is 2. The van der Waals surface area contributed by atoms with Gasteiger partial charge in [0.05, 0.1) is 13.2 Å². The summed E-state index contributed by atoms with van der Waals surface area (Å²) in [5.74, 6) is -0.433. The van der Waals surface area contributed by atoms with Crippen molar-refractivity contribution >= 4 is 5.91 Å². The van der Waals surface area contributed by atoms with Gasteiger partial charge in [0.15, 0.2) is 6.29 Å². The second-order valence-corrected chi connectivity index (χ2v) is 5.27. The van der Waals surface area contributed by atoms with Gasteiger partial charge in [-0.2, -0.15) is 0 Å². The Morgan fingerprint density at radius 3 is 2.55 bits per heavy atom. The average molecular weight is 311 g/mol. The number of amides is 1. The van der Waals surface area contributed by atoms with E-state index in [0.29, 0.717) is 6.61 Å². The molecule has 1 fully saturated rings. The molecule has 2 rings (SSSR count). The molecule has 1 aliphatic rings. The zero-order valence-corrected chi connectivity index (χ0v) is 12.3. The quantitative estimate of drug-likeness (QED) is 0.564. The van der Waals surface area contributed by atoms with Gasteiger partial charge in [-0.25, -0.2) is 0 Å². The summed E-state index contributed by atoms with van der Waals surface area (Å²) >= 11 is 0. The fourth-order valence-corrected chi connectivity index (χ4v) is 2.34. The lowest BCUT2D eigenvalue weighted by molar-refractivity contribution is -0.257. The Kier molecular flexibility index (Phi) is 5.87. The zero-order chi connectivity index (χ0) is 16.1. The van der Waals surface area contributed by atoms with Gasteiger partial charge in [-0.3, -0.25) is 4.79 Å².